The Morgan fingerprint density at radius 1 is 0.581 bits per heavy atom. The zero-order chi connectivity index (χ0) is 25.7. The molecule has 0 aliphatic carbocycles. The predicted molar refractivity (Wildman–Crippen MR) is 63.9 cm³/mol. The van der Waals surface area contributed by atoms with Crippen LogP contribution in [0.1, 0.15) is 0 Å². The Labute approximate surface area is 159 Å². The minimum absolute atomic E-state index is 0.423. The highest BCUT2D eigenvalue weighted by molar-refractivity contribution is 5.85. The molecule has 2 nitrogen and oxygen atoms in total. The summed E-state index contributed by atoms with van der Waals surface area (Å²) in [5, 5.41) is 0.646. The molecular formula is C12H6F17NO. The lowest BCUT2D eigenvalue weighted by molar-refractivity contribution is -0.459. The molecule has 1 amide bonds. The molecule has 1 N–H and O–H groups in total. The molecule has 0 saturated carbocycles. The molecule has 0 rings (SSSR count). The maximum Gasteiger partial charge on any atom is 0.460 e. The quantitative estimate of drug-likeness (QED) is 0.336. The van der Waals surface area contributed by atoms with Crippen LogP contribution in [0.5, 0.6) is 0 Å². The third kappa shape index (κ3) is 3.76. The van der Waals surface area contributed by atoms with Crippen LogP contribution < -0.4 is 5.32 Å². The predicted octanol–water partition coefficient (Wildman–Crippen LogP) is 5.30. The van der Waals surface area contributed by atoms with Crippen molar-refractivity contribution in [3.05, 3.63) is 12.7 Å². The minimum Gasteiger partial charge on any atom is -0.347 e. The van der Waals surface area contributed by atoms with E-state index in [-0.39, 0.29) is 0 Å². The topological polar surface area (TPSA) is 29.1 Å². The number of carbonyl (C=O) groups excluding carboxylic acids is 1. The molecule has 0 bridgehead atoms. The van der Waals surface area contributed by atoms with Crippen molar-refractivity contribution in [2.24, 2.45) is 0 Å². The fourth-order valence-electron chi connectivity index (χ4n) is 1.58. The highest BCUT2D eigenvalue weighted by atomic mass is 19.4. The van der Waals surface area contributed by atoms with E-state index in [1.807, 2.05) is 0 Å². The van der Waals surface area contributed by atoms with Gasteiger partial charge in [0.25, 0.3) is 5.91 Å². The molecule has 0 heterocycles. The molecule has 0 fully saturated rings. The van der Waals surface area contributed by atoms with Gasteiger partial charge in [0.1, 0.15) is 0 Å². The van der Waals surface area contributed by atoms with E-state index in [1.54, 1.807) is 0 Å². The zero-order valence-electron chi connectivity index (χ0n) is 13.8. The lowest BCUT2D eigenvalue weighted by Gasteiger charge is -2.42. The first kappa shape index (κ1) is 29.0. The van der Waals surface area contributed by atoms with Gasteiger partial charge in [-0.1, -0.05) is 6.08 Å². The van der Waals surface area contributed by atoms with Gasteiger partial charge in [0.05, 0.1) is 0 Å². The van der Waals surface area contributed by atoms with Crippen LogP contribution in [0.3, 0.4) is 0 Å². The Morgan fingerprint density at radius 3 is 1.16 bits per heavy atom. The molecule has 0 unspecified atom stereocenters. The Bertz CT molecular complexity index is 692. The molecule has 0 aliphatic rings. The number of hydrogen-bond donors (Lipinski definition) is 1. The van der Waals surface area contributed by atoms with E-state index in [4.69, 9.17) is 0 Å². The smallest absolute Gasteiger partial charge is 0.347 e. The second-order valence-corrected chi connectivity index (χ2v) is 5.52. The van der Waals surface area contributed by atoms with Crippen LogP contribution in [-0.4, -0.2) is 60.1 Å². The largest absolute Gasteiger partial charge is 0.460 e. The number of amides is 1. The second kappa shape index (κ2) is 7.56. The van der Waals surface area contributed by atoms with Crippen molar-refractivity contribution in [2.45, 2.75) is 47.6 Å². The van der Waals surface area contributed by atoms with E-state index in [0.717, 1.165) is 0 Å². The van der Waals surface area contributed by atoms with E-state index in [2.05, 4.69) is 6.58 Å². The third-order valence-electron chi connectivity index (χ3n) is 3.41. The average molecular weight is 503 g/mol. The van der Waals surface area contributed by atoms with Crippen LogP contribution in [-0.2, 0) is 4.79 Å². The standard InChI is InChI=1S/C12H6F17NO/c1-2-3-30-4(31)5(13,14)6(15,16)7(17,18)8(19,20)9(21,22)10(23,24)11(25,26)12(27,28)29/h2H,1,3H2,(H,30,31). The molecule has 19 heteroatoms. The Hall–Kier alpha value is -1.98. The number of carbonyl (C=O) groups is 1. The molecule has 31 heavy (non-hydrogen) atoms. The van der Waals surface area contributed by atoms with E-state index in [0.29, 0.717) is 11.4 Å². The molecule has 0 atom stereocenters. The van der Waals surface area contributed by atoms with Crippen molar-refractivity contribution in [1.29, 1.82) is 0 Å². The van der Waals surface area contributed by atoms with Crippen LogP contribution in [0.15, 0.2) is 12.7 Å². The Morgan fingerprint density at radius 2 is 0.871 bits per heavy atom. The highest BCUT2D eigenvalue weighted by Gasteiger charge is 2.95. The van der Waals surface area contributed by atoms with Crippen LogP contribution in [0.4, 0.5) is 74.6 Å². The van der Waals surface area contributed by atoms with E-state index in [9.17, 15) is 79.4 Å². The summed E-state index contributed by atoms with van der Waals surface area (Å²) >= 11 is 0. The van der Waals surface area contributed by atoms with Crippen molar-refractivity contribution in [1.82, 2.24) is 5.32 Å². The van der Waals surface area contributed by atoms with E-state index < -0.39 is 60.1 Å². The van der Waals surface area contributed by atoms with Crippen molar-refractivity contribution >= 4 is 5.91 Å². The van der Waals surface area contributed by atoms with E-state index >= 15 is 0 Å². The van der Waals surface area contributed by atoms with Crippen molar-refractivity contribution in [2.75, 3.05) is 6.54 Å². The maximum atomic E-state index is 13.3. The average Bonchev–Trinajstić information content (AvgIpc) is 2.57. The monoisotopic (exact) mass is 503 g/mol. The van der Waals surface area contributed by atoms with Crippen LogP contribution in [0.2, 0.25) is 0 Å². The van der Waals surface area contributed by atoms with Gasteiger partial charge in [-0.15, -0.1) is 6.58 Å². The molecule has 0 radical (unpaired) electrons. The second-order valence-electron chi connectivity index (χ2n) is 5.52. The molecule has 0 aromatic heterocycles. The molecular weight excluding hydrogens is 497 g/mol. The molecule has 0 aromatic carbocycles. The third-order valence-corrected chi connectivity index (χ3v) is 3.41. The summed E-state index contributed by atoms with van der Waals surface area (Å²) in [5.74, 6) is -61.4. The van der Waals surface area contributed by atoms with Gasteiger partial charge in [0, 0.05) is 6.54 Å². The highest BCUT2D eigenvalue weighted by Crippen LogP contribution is 2.63. The van der Waals surface area contributed by atoms with Crippen LogP contribution >= 0.6 is 0 Å². The number of hydrogen-bond acceptors (Lipinski definition) is 1. The van der Waals surface area contributed by atoms with Crippen LogP contribution in [0, 0.1) is 0 Å². The van der Waals surface area contributed by atoms with Gasteiger partial charge >= 0.3 is 47.6 Å². The number of rotatable bonds is 9. The van der Waals surface area contributed by atoms with Crippen molar-refractivity contribution in [3.8, 4) is 0 Å². The van der Waals surface area contributed by atoms with E-state index in [1.165, 1.54) is 0 Å². The molecule has 0 aliphatic heterocycles. The summed E-state index contributed by atoms with van der Waals surface area (Å²) in [6.07, 6.45) is -7.39. The van der Waals surface area contributed by atoms with Gasteiger partial charge in [0.2, 0.25) is 0 Å². The van der Waals surface area contributed by atoms with Gasteiger partial charge < -0.3 is 5.32 Å². The lowest BCUT2D eigenvalue weighted by atomic mass is 9.89. The van der Waals surface area contributed by atoms with Gasteiger partial charge in [-0.3, -0.25) is 4.79 Å². The van der Waals surface area contributed by atoms with Crippen LogP contribution in [0.25, 0.3) is 0 Å². The Kier molecular flexibility index (Phi) is 7.08. The summed E-state index contributed by atoms with van der Waals surface area (Å²) in [6.45, 7) is 1.47. The first-order valence-electron chi connectivity index (χ1n) is 6.84. The van der Waals surface area contributed by atoms with Gasteiger partial charge in [0.15, 0.2) is 0 Å². The summed E-state index contributed by atoms with van der Waals surface area (Å²) in [5.41, 5.74) is 0. The number of halogens is 17. The van der Waals surface area contributed by atoms with Gasteiger partial charge in [-0.2, -0.15) is 74.6 Å². The summed E-state index contributed by atoms with van der Waals surface area (Å²) in [4.78, 5) is 10.8. The summed E-state index contributed by atoms with van der Waals surface area (Å²) < 4.78 is 220. The van der Waals surface area contributed by atoms with Crippen molar-refractivity contribution < 1.29 is 79.4 Å². The molecule has 0 aromatic rings. The first-order chi connectivity index (χ1) is 13.2. The fraction of sp³-hybridized carbons (Fsp3) is 0.750. The number of alkyl halides is 17. The Balaban J connectivity index is 6.69. The summed E-state index contributed by atoms with van der Waals surface area (Å²) in [7, 11) is 0. The first-order valence-corrected chi connectivity index (χ1v) is 6.84. The number of nitrogens with one attached hydrogen (secondary N) is 1. The molecule has 0 spiro atoms. The SMILES string of the molecule is C=CCNC(=O)C(F)(F)C(F)(F)C(F)(F)C(F)(F)C(F)(F)C(F)(F)C(F)(F)C(F)(F)F. The lowest BCUT2D eigenvalue weighted by Crippen LogP contribution is -2.75. The molecule has 0 saturated heterocycles. The summed E-state index contributed by atoms with van der Waals surface area (Å²) in [6, 6.07) is 0. The minimum atomic E-state index is -8.72. The van der Waals surface area contributed by atoms with Crippen molar-refractivity contribution in [3.63, 3.8) is 0 Å². The van der Waals surface area contributed by atoms with Gasteiger partial charge in [-0.05, 0) is 0 Å². The normalized spacial score (nSPS) is 15.6. The fourth-order valence-corrected chi connectivity index (χ4v) is 1.58. The molecule has 184 valence electrons. The van der Waals surface area contributed by atoms with Gasteiger partial charge in [-0.25, -0.2) is 0 Å². The zero-order valence-corrected chi connectivity index (χ0v) is 13.8. The maximum absolute atomic E-state index is 13.3.